The Morgan fingerprint density at radius 2 is 1.72 bits per heavy atom. The molecule has 8 heteroatoms. The van der Waals surface area contributed by atoms with Crippen LogP contribution >= 0.6 is 11.6 Å². The van der Waals surface area contributed by atoms with Crippen LogP contribution in [0.25, 0.3) is 0 Å². The molecule has 190 valence electrons. The van der Waals surface area contributed by atoms with Gasteiger partial charge in [0.05, 0.1) is 17.4 Å². The van der Waals surface area contributed by atoms with Crippen LogP contribution in [0, 0.1) is 5.41 Å². The van der Waals surface area contributed by atoms with Crippen molar-refractivity contribution in [1.82, 2.24) is 5.32 Å². The number of nitrogens with one attached hydrogen (secondary N) is 2. The number of hydrogen-bond acceptors (Lipinski definition) is 5. The molecule has 0 aliphatic carbocycles. The van der Waals surface area contributed by atoms with Crippen LogP contribution < -0.4 is 15.4 Å². The van der Waals surface area contributed by atoms with E-state index in [4.69, 9.17) is 16.3 Å². The first kappa shape index (κ1) is 27.2. The van der Waals surface area contributed by atoms with Crippen LogP contribution in [-0.2, 0) is 11.2 Å². The maximum Gasteiger partial charge on any atom is 0.337 e. The van der Waals surface area contributed by atoms with Crippen LogP contribution in [0.2, 0.25) is 5.02 Å². The Bertz CT molecular complexity index is 1220. The van der Waals surface area contributed by atoms with Gasteiger partial charge in [0.15, 0.2) is 0 Å². The van der Waals surface area contributed by atoms with Crippen molar-refractivity contribution < 1.29 is 24.5 Å². The predicted octanol–water partition coefficient (Wildman–Crippen LogP) is 5.68. The number of aliphatic hydroxyl groups excluding tert-OH is 1. The van der Waals surface area contributed by atoms with E-state index in [1.54, 1.807) is 51.1 Å². The fraction of sp³-hybridized carbons (Fsp3) is 0.286. The summed E-state index contributed by atoms with van der Waals surface area (Å²) in [5.74, 6) is -0.528. The molecule has 1 amide bonds. The molecule has 36 heavy (non-hydrogen) atoms. The van der Waals surface area contributed by atoms with Crippen LogP contribution in [-0.4, -0.2) is 35.2 Å². The van der Waals surface area contributed by atoms with Crippen LogP contribution in [0.5, 0.6) is 11.5 Å². The molecule has 0 aromatic heterocycles. The monoisotopic (exact) mass is 510 g/mol. The van der Waals surface area contributed by atoms with Crippen molar-refractivity contribution in [3.63, 3.8) is 0 Å². The van der Waals surface area contributed by atoms with Gasteiger partial charge in [-0.2, -0.15) is 0 Å². The molecule has 7 nitrogen and oxygen atoms in total. The molecule has 0 spiro atoms. The fourth-order valence-electron chi connectivity index (χ4n) is 3.39. The number of rotatable bonds is 10. The Morgan fingerprint density at radius 3 is 2.42 bits per heavy atom. The molecule has 3 rings (SSSR count). The summed E-state index contributed by atoms with van der Waals surface area (Å²) in [7, 11) is 0. The fourth-order valence-corrected chi connectivity index (χ4v) is 3.59. The molecule has 4 N–H and O–H groups in total. The van der Waals surface area contributed by atoms with Gasteiger partial charge >= 0.3 is 5.97 Å². The number of hydrogen-bond donors (Lipinski definition) is 4. The Balaban J connectivity index is 1.59. The summed E-state index contributed by atoms with van der Waals surface area (Å²) >= 11 is 5.98. The number of carbonyl (C=O) groups is 2. The van der Waals surface area contributed by atoms with E-state index in [1.807, 2.05) is 24.3 Å². The Morgan fingerprint density at radius 1 is 1.00 bits per heavy atom. The van der Waals surface area contributed by atoms with Gasteiger partial charge in [-0.25, -0.2) is 4.79 Å². The van der Waals surface area contributed by atoms with Gasteiger partial charge in [0.25, 0.3) is 0 Å². The third-order valence-electron chi connectivity index (χ3n) is 5.45. The van der Waals surface area contributed by atoms with E-state index >= 15 is 0 Å². The lowest BCUT2D eigenvalue weighted by atomic mass is 9.95. The van der Waals surface area contributed by atoms with Crippen molar-refractivity contribution in [3.05, 3.63) is 88.4 Å². The number of amides is 1. The Labute approximate surface area is 216 Å². The van der Waals surface area contributed by atoms with Gasteiger partial charge in [-0.15, -0.1) is 0 Å². The zero-order chi connectivity index (χ0) is 26.3. The van der Waals surface area contributed by atoms with Crippen molar-refractivity contribution in [3.8, 4) is 11.5 Å². The van der Waals surface area contributed by atoms with Crippen molar-refractivity contribution in [2.75, 3.05) is 18.4 Å². The molecule has 0 bridgehead atoms. The van der Waals surface area contributed by atoms with Crippen molar-refractivity contribution >= 4 is 29.2 Å². The van der Waals surface area contributed by atoms with Gasteiger partial charge in [-0.1, -0.05) is 56.6 Å². The average Bonchev–Trinajstić information content (AvgIpc) is 2.82. The lowest BCUT2D eigenvalue weighted by molar-refractivity contribution is -0.123. The number of carboxylic acids is 1. The summed E-state index contributed by atoms with van der Waals surface area (Å²) in [6, 6.07) is 19.2. The quantitative estimate of drug-likeness (QED) is 0.261. The zero-order valence-corrected chi connectivity index (χ0v) is 21.3. The predicted molar refractivity (Wildman–Crippen MR) is 141 cm³/mol. The smallest absolute Gasteiger partial charge is 0.337 e. The SMILES string of the molecule is CC(C)(C)C(=O)Nc1ccc(Oc2cccc(CCNC[C@H](O)c3cccc(Cl)c3)c2)cc1C(=O)O. The topological polar surface area (TPSA) is 108 Å². The minimum atomic E-state index is -1.16. The highest BCUT2D eigenvalue weighted by atomic mass is 35.5. The summed E-state index contributed by atoms with van der Waals surface area (Å²) < 4.78 is 5.90. The van der Waals surface area contributed by atoms with Gasteiger partial charge in [0, 0.05) is 17.0 Å². The molecule has 0 radical (unpaired) electrons. The van der Waals surface area contributed by atoms with Crippen LogP contribution in [0.15, 0.2) is 66.7 Å². The third kappa shape index (κ3) is 7.81. The highest BCUT2D eigenvalue weighted by molar-refractivity contribution is 6.30. The first-order valence-corrected chi connectivity index (χ1v) is 12.0. The molecule has 0 saturated carbocycles. The van der Waals surface area contributed by atoms with Crippen molar-refractivity contribution in [2.45, 2.75) is 33.3 Å². The second-order valence-electron chi connectivity index (χ2n) is 9.49. The summed E-state index contributed by atoms with van der Waals surface area (Å²) in [6.45, 7) is 6.30. The zero-order valence-electron chi connectivity index (χ0n) is 20.5. The molecule has 3 aromatic rings. The Kier molecular flexibility index (Phi) is 9.09. The highest BCUT2D eigenvalue weighted by Crippen LogP contribution is 2.28. The second kappa shape index (κ2) is 12.0. The van der Waals surface area contributed by atoms with E-state index in [0.717, 1.165) is 11.1 Å². The molecule has 0 unspecified atom stereocenters. The maximum absolute atomic E-state index is 12.3. The number of benzene rings is 3. The number of carbonyl (C=O) groups excluding carboxylic acids is 1. The number of halogens is 1. The number of aliphatic hydroxyl groups is 1. The van der Waals surface area contributed by atoms with Gasteiger partial charge < -0.3 is 25.6 Å². The number of aromatic carboxylic acids is 1. The first-order valence-electron chi connectivity index (χ1n) is 11.6. The molecular formula is C28H31ClN2O5. The van der Waals surface area contributed by atoms with E-state index in [1.165, 1.54) is 12.1 Å². The molecule has 0 heterocycles. The van der Waals surface area contributed by atoms with E-state index in [9.17, 15) is 19.8 Å². The maximum atomic E-state index is 12.3. The molecule has 0 aliphatic rings. The largest absolute Gasteiger partial charge is 0.478 e. The van der Waals surface area contributed by atoms with Gasteiger partial charge in [0.2, 0.25) is 5.91 Å². The molecular weight excluding hydrogens is 480 g/mol. The van der Waals surface area contributed by atoms with Crippen LogP contribution in [0.3, 0.4) is 0 Å². The third-order valence-corrected chi connectivity index (χ3v) is 5.68. The lowest BCUT2D eigenvalue weighted by Crippen LogP contribution is -2.28. The normalized spacial score (nSPS) is 12.1. The van der Waals surface area contributed by atoms with E-state index in [-0.39, 0.29) is 17.2 Å². The van der Waals surface area contributed by atoms with E-state index in [0.29, 0.717) is 36.0 Å². The number of ether oxygens (including phenoxy) is 1. The van der Waals surface area contributed by atoms with Crippen LogP contribution in [0.1, 0.15) is 48.4 Å². The van der Waals surface area contributed by atoms with E-state index < -0.39 is 17.5 Å². The van der Waals surface area contributed by atoms with Crippen molar-refractivity contribution in [2.24, 2.45) is 5.41 Å². The van der Waals surface area contributed by atoms with Gasteiger partial charge in [0.1, 0.15) is 11.5 Å². The van der Waals surface area contributed by atoms with Gasteiger partial charge in [-0.3, -0.25) is 4.79 Å². The molecule has 0 fully saturated rings. The van der Waals surface area contributed by atoms with Gasteiger partial charge in [-0.05, 0) is 66.6 Å². The molecule has 3 aromatic carbocycles. The number of anilines is 1. The number of carboxylic acid groups (broad SMARTS) is 1. The minimum Gasteiger partial charge on any atom is -0.478 e. The summed E-state index contributed by atoms with van der Waals surface area (Å²) in [5, 5.41) is 26.4. The highest BCUT2D eigenvalue weighted by Gasteiger charge is 2.23. The Hall–Kier alpha value is -3.39. The molecule has 0 aliphatic heterocycles. The molecule has 1 atom stereocenters. The summed E-state index contributed by atoms with van der Waals surface area (Å²) in [6.07, 6.45) is 0.0513. The lowest BCUT2D eigenvalue weighted by Gasteiger charge is -2.19. The minimum absolute atomic E-state index is 0.0521. The molecule has 0 saturated heterocycles. The summed E-state index contributed by atoms with van der Waals surface area (Å²) in [5.41, 5.74) is 1.28. The first-order chi connectivity index (χ1) is 17.0. The standard InChI is InChI=1S/C28H31ClN2O5/c1-28(2,3)27(35)31-24-11-10-22(16-23(24)26(33)34)36-21-9-4-6-18(14-21)12-13-30-17-25(32)19-7-5-8-20(29)15-19/h4-11,14-16,25,30,32H,12-13,17H2,1-3H3,(H,31,35)(H,33,34)/t25-/m0/s1. The summed E-state index contributed by atoms with van der Waals surface area (Å²) in [4.78, 5) is 24.1. The van der Waals surface area contributed by atoms with Crippen LogP contribution in [0.4, 0.5) is 5.69 Å². The second-order valence-corrected chi connectivity index (χ2v) is 9.93. The van der Waals surface area contributed by atoms with E-state index in [2.05, 4.69) is 10.6 Å². The average molecular weight is 511 g/mol. The van der Waals surface area contributed by atoms with Crippen molar-refractivity contribution in [1.29, 1.82) is 0 Å².